The van der Waals surface area contributed by atoms with Crippen molar-refractivity contribution in [1.29, 1.82) is 0 Å². The van der Waals surface area contributed by atoms with Crippen molar-refractivity contribution in [3.05, 3.63) is 12.2 Å². The molecule has 0 N–H and O–H groups in total. The first kappa shape index (κ1) is 11.1. The van der Waals surface area contributed by atoms with Crippen molar-refractivity contribution >= 4 is 11.6 Å². The summed E-state index contributed by atoms with van der Waals surface area (Å²) in [5, 5.41) is 0. The van der Waals surface area contributed by atoms with Crippen molar-refractivity contribution in [2.24, 2.45) is 11.8 Å². The van der Waals surface area contributed by atoms with Gasteiger partial charge in [0, 0.05) is 5.88 Å². The SMILES string of the molecule is C=C1CCCC(CCl)CCC(C)C1. The van der Waals surface area contributed by atoms with E-state index in [0.717, 1.165) is 17.7 Å². The molecule has 0 spiro atoms. The molecular weight excluding hydrogens is 180 g/mol. The van der Waals surface area contributed by atoms with E-state index in [0.29, 0.717) is 0 Å². The van der Waals surface area contributed by atoms with Gasteiger partial charge in [0.25, 0.3) is 0 Å². The first-order valence-electron chi connectivity index (χ1n) is 5.45. The Bertz CT molecular complexity index is 163. The van der Waals surface area contributed by atoms with Crippen LogP contribution < -0.4 is 0 Å². The van der Waals surface area contributed by atoms with Crippen LogP contribution in [0.1, 0.15) is 45.4 Å². The van der Waals surface area contributed by atoms with E-state index >= 15 is 0 Å². The van der Waals surface area contributed by atoms with Gasteiger partial charge in [-0.05, 0) is 43.9 Å². The van der Waals surface area contributed by atoms with Gasteiger partial charge in [0.05, 0.1) is 0 Å². The first-order valence-corrected chi connectivity index (χ1v) is 5.98. The predicted octanol–water partition coefficient (Wildman–Crippen LogP) is 4.39. The lowest BCUT2D eigenvalue weighted by Crippen LogP contribution is -2.03. The summed E-state index contributed by atoms with van der Waals surface area (Å²) in [7, 11) is 0. The summed E-state index contributed by atoms with van der Waals surface area (Å²) in [5.74, 6) is 2.42. The van der Waals surface area contributed by atoms with Gasteiger partial charge in [0.2, 0.25) is 0 Å². The zero-order valence-corrected chi connectivity index (χ0v) is 9.45. The molecule has 13 heavy (non-hydrogen) atoms. The Kier molecular flexibility index (Phi) is 4.87. The van der Waals surface area contributed by atoms with Crippen molar-refractivity contribution in [2.45, 2.75) is 45.4 Å². The van der Waals surface area contributed by atoms with E-state index in [-0.39, 0.29) is 0 Å². The molecule has 0 heterocycles. The number of hydrogen-bond acceptors (Lipinski definition) is 0. The van der Waals surface area contributed by atoms with Crippen LogP contribution >= 0.6 is 11.6 Å². The van der Waals surface area contributed by atoms with Gasteiger partial charge >= 0.3 is 0 Å². The van der Waals surface area contributed by atoms with Crippen LogP contribution in [0.5, 0.6) is 0 Å². The summed E-state index contributed by atoms with van der Waals surface area (Å²) >= 11 is 5.92. The Morgan fingerprint density at radius 1 is 1.38 bits per heavy atom. The minimum atomic E-state index is 0.759. The third-order valence-electron chi connectivity index (χ3n) is 3.07. The van der Waals surface area contributed by atoms with Gasteiger partial charge in [-0.1, -0.05) is 25.5 Å². The van der Waals surface area contributed by atoms with Crippen LogP contribution in [0.4, 0.5) is 0 Å². The van der Waals surface area contributed by atoms with E-state index in [4.69, 9.17) is 11.6 Å². The average molecular weight is 201 g/mol. The standard InChI is InChI=1S/C12H21Cl/c1-10-4-3-5-12(9-13)7-6-11(2)8-10/h11-12H,1,3-9H2,2H3. The molecule has 0 radical (unpaired) electrons. The average Bonchev–Trinajstić information content (AvgIpc) is 2.16. The normalized spacial score (nSPS) is 32.0. The quantitative estimate of drug-likeness (QED) is 0.435. The lowest BCUT2D eigenvalue weighted by Gasteiger charge is -2.13. The summed E-state index contributed by atoms with van der Waals surface area (Å²) < 4.78 is 0. The summed E-state index contributed by atoms with van der Waals surface area (Å²) in [6, 6.07) is 0. The van der Waals surface area contributed by atoms with E-state index in [2.05, 4.69) is 13.5 Å². The zero-order valence-electron chi connectivity index (χ0n) is 8.69. The highest BCUT2D eigenvalue weighted by Gasteiger charge is 2.13. The summed E-state index contributed by atoms with van der Waals surface area (Å²) in [6.07, 6.45) is 7.69. The van der Waals surface area contributed by atoms with Gasteiger partial charge in [0.15, 0.2) is 0 Å². The number of hydrogen-bond donors (Lipinski definition) is 0. The van der Waals surface area contributed by atoms with Crippen molar-refractivity contribution < 1.29 is 0 Å². The summed E-state index contributed by atoms with van der Waals surface area (Å²) in [6.45, 7) is 6.46. The highest BCUT2D eigenvalue weighted by molar-refractivity contribution is 6.18. The molecule has 0 bridgehead atoms. The van der Waals surface area contributed by atoms with Gasteiger partial charge in [0.1, 0.15) is 0 Å². The lowest BCUT2D eigenvalue weighted by atomic mass is 9.94. The minimum absolute atomic E-state index is 0.759. The van der Waals surface area contributed by atoms with Crippen molar-refractivity contribution in [3.63, 3.8) is 0 Å². The second kappa shape index (κ2) is 5.70. The van der Waals surface area contributed by atoms with Crippen molar-refractivity contribution in [3.8, 4) is 0 Å². The Morgan fingerprint density at radius 3 is 2.85 bits per heavy atom. The van der Waals surface area contributed by atoms with Gasteiger partial charge < -0.3 is 0 Å². The molecule has 1 aliphatic rings. The maximum atomic E-state index is 5.92. The Labute approximate surface area is 87.4 Å². The Morgan fingerprint density at radius 2 is 2.15 bits per heavy atom. The molecule has 1 saturated carbocycles. The largest absolute Gasteiger partial charge is 0.126 e. The lowest BCUT2D eigenvalue weighted by molar-refractivity contribution is 0.425. The molecule has 0 aromatic rings. The van der Waals surface area contributed by atoms with E-state index < -0.39 is 0 Å². The van der Waals surface area contributed by atoms with E-state index in [1.807, 2.05) is 0 Å². The van der Waals surface area contributed by atoms with Gasteiger partial charge in [-0.2, -0.15) is 0 Å². The molecular formula is C12H21Cl. The Hall–Kier alpha value is 0.0300. The predicted molar refractivity (Wildman–Crippen MR) is 60.2 cm³/mol. The number of halogens is 1. The summed E-state index contributed by atoms with van der Waals surface area (Å²) in [5.41, 5.74) is 1.45. The van der Waals surface area contributed by atoms with Gasteiger partial charge in [-0.25, -0.2) is 0 Å². The third kappa shape index (κ3) is 4.17. The zero-order chi connectivity index (χ0) is 9.68. The smallest absolute Gasteiger partial charge is 0.0251 e. The third-order valence-corrected chi connectivity index (χ3v) is 3.50. The fourth-order valence-corrected chi connectivity index (χ4v) is 2.47. The molecule has 1 fully saturated rings. The fraction of sp³-hybridized carbons (Fsp3) is 0.833. The maximum absolute atomic E-state index is 5.92. The van der Waals surface area contributed by atoms with Crippen LogP contribution in [0.15, 0.2) is 12.2 Å². The molecule has 0 saturated heterocycles. The molecule has 0 nitrogen and oxygen atoms in total. The molecule has 0 amide bonds. The van der Waals surface area contributed by atoms with Crippen LogP contribution in [0.25, 0.3) is 0 Å². The number of alkyl halides is 1. The van der Waals surface area contributed by atoms with Crippen LogP contribution in [0, 0.1) is 11.8 Å². The topological polar surface area (TPSA) is 0 Å². The molecule has 1 aliphatic carbocycles. The molecule has 0 aromatic carbocycles. The molecule has 0 aromatic heterocycles. The molecule has 1 rings (SSSR count). The second-order valence-electron chi connectivity index (χ2n) is 4.55. The van der Waals surface area contributed by atoms with E-state index in [9.17, 15) is 0 Å². The highest BCUT2D eigenvalue weighted by Crippen LogP contribution is 2.27. The second-order valence-corrected chi connectivity index (χ2v) is 4.86. The van der Waals surface area contributed by atoms with Gasteiger partial charge in [-0.3, -0.25) is 0 Å². The number of rotatable bonds is 1. The molecule has 2 unspecified atom stereocenters. The van der Waals surface area contributed by atoms with Crippen LogP contribution in [-0.4, -0.2) is 5.88 Å². The molecule has 1 heteroatoms. The summed E-state index contributed by atoms with van der Waals surface area (Å²) in [4.78, 5) is 0. The molecule has 76 valence electrons. The van der Waals surface area contributed by atoms with Crippen molar-refractivity contribution in [2.75, 3.05) is 5.88 Å². The van der Waals surface area contributed by atoms with E-state index in [1.54, 1.807) is 0 Å². The minimum Gasteiger partial charge on any atom is -0.126 e. The fourth-order valence-electron chi connectivity index (χ4n) is 2.16. The molecule has 0 aliphatic heterocycles. The molecule has 2 atom stereocenters. The van der Waals surface area contributed by atoms with Gasteiger partial charge in [-0.15, -0.1) is 11.6 Å². The monoisotopic (exact) mass is 200 g/mol. The van der Waals surface area contributed by atoms with Crippen LogP contribution in [0.3, 0.4) is 0 Å². The van der Waals surface area contributed by atoms with Crippen LogP contribution in [0.2, 0.25) is 0 Å². The highest BCUT2D eigenvalue weighted by atomic mass is 35.5. The first-order chi connectivity index (χ1) is 6.22. The van der Waals surface area contributed by atoms with Crippen LogP contribution in [-0.2, 0) is 0 Å². The number of allylic oxidation sites excluding steroid dienone is 1. The maximum Gasteiger partial charge on any atom is 0.0251 e. The van der Waals surface area contributed by atoms with Crippen molar-refractivity contribution in [1.82, 2.24) is 0 Å². The Balaban J connectivity index is 2.43. The van der Waals surface area contributed by atoms with E-state index in [1.165, 1.54) is 44.1 Å².